The number of hydrogen-bond donors (Lipinski definition) is 1. The van der Waals surface area contributed by atoms with Gasteiger partial charge in [0, 0.05) is 10.4 Å². The maximum atomic E-state index is 11.1. The minimum Gasteiger partial charge on any atom is -0.399 e. The monoisotopic (exact) mass is 329 g/mol. The number of carbonyl (C=O) groups is 1. The highest BCUT2D eigenvalue weighted by molar-refractivity contribution is 7.14. The molecule has 0 atom stereocenters. The molecule has 2 aromatic rings. The Morgan fingerprint density at radius 3 is 2.17 bits per heavy atom. The molecular weight excluding hydrogens is 309 g/mol. The van der Waals surface area contributed by atoms with Crippen molar-refractivity contribution in [2.45, 2.75) is 38.9 Å². The van der Waals surface area contributed by atoms with Crippen molar-refractivity contribution < 1.29 is 14.1 Å². The van der Waals surface area contributed by atoms with Crippen molar-refractivity contribution in [3.63, 3.8) is 0 Å². The Morgan fingerprint density at radius 1 is 1.09 bits per heavy atom. The molecular formula is C17H20BNO3S. The summed E-state index contributed by atoms with van der Waals surface area (Å²) in [5.74, 6) is -0.416. The van der Waals surface area contributed by atoms with Gasteiger partial charge in [-0.1, -0.05) is 12.1 Å². The summed E-state index contributed by atoms with van der Waals surface area (Å²) >= 11 is 1.63. The van der Waals surface area contributed by atoms with Crippen LogP contribution in [0.4, 0.5) is 0 Å². The van der Waals surface area contributed by atoms with Crippen LogP contribution in [0.25, 0.3) is 10.4 Å². The predicted molar refractivity (Wildman–Crippen MR) is 94.0 cm³/mol. The average Bonchev–Trinajstić information content (AvgIpc) is 3.02. The molecule has 23 heavy (non-hydrogen) atoms. The van der Waals surface area contributed by atoms with E-state index in [1.807, 2.05) is 39.8 Å². The standard InChI is InChI=1S/C17H20BNO3S/c1-16(2)17(3,4)22-18(21-16)13-9-14(23-10-13)11-5-7-12(8-6-11)15(19)20/h5-10H,1-4H3,(H2,19,20). The second-order valence-electron chi connectivity index (χ2n) is 6.77. The molecule has 120 valence electrons. The lowest BCUT2D eigenvalue weighted by Gasteiger charge is -2.32. The second kappa shape index (κ2) is 5.48. The number of hydrogen-bond acceptors (Lipinski definition) is 4. The minimum atomic E-state index is -0.416. The van der Waals surface area contributed by atoms with E-state index < -0.39 is 5.91 Å². The van der Waals surface area contributed by atoms with E-state index in [2.05, 4.69) is 11.4 Å². The van der Waals surface area contributed by atoms with E-state index in [0.29, 0.717) is 5.56 Å². The third kappa shape index (κ3) is 2.94. The molecule has 1 aliphatic rings. The van der Waals surface area contributed by atoms with Gasteiger partial charge in [-0.15, -0.1) is 11.3 Å². The smallest absolute Gasteiger partial charge is 0.399 e. The number of amides is 1. The van der Waals surface area contributed by atoms with Crippen LogP contribution in [0.5, 0.6) is 0 Å². The highest BCUT2D eigenvalue weighted by atomic mass is 32.1. The molecule has 1 aromatic carbocycles. The van der Waals surface area contributed by atoms with E-state index in [1.54, 1.807) is 23.5 Å². The first kappa shape index (κ1) is 16.2. The van der Waals surface area contributed by atoms with Crippen LogP contribution in [-0.2, 0) is 9.31 Å². The van der Waals surface area contributed by atoms with Crippen molar-refractivity contribution in [2.75, 3.05) is 0 Å². The van der Waals surface area contributed by atoms with E-state index in [-0.39, 0.29) is 18.3 Å². The largest absolute Gasteiger partial charge is 0.495 e. The van der Waals surface area contributed by atoms with Gasteiger partial charge < -0.3 is 15.0 Å². The first-order valence-electron chi connectivity index (χ1n) is 7.54. The van der Waals surface area contributed by atoms with E-state index >= 15 is 0 Å². The van der Waals surface area contributed by atoms with Crippen LogP contribution in [0, 0.1) is 0 Å². The number of rotatable bonds is 3. The summed E-state index contributed by atoms with van der Waals surface area (Å²) in [6.45, 7) is 8.18. The maximum absolute atomic E-state index is 11.1. The Bertz CT molecular complexity index is 721. The third-order valence-corrected chi connectivity index (χ3v) is 5.60. The molecule has 4 nitrogen and oxygen atoms in total. The van der Waals surface area contributed by atoms with Crippen molar-refractivity contribution in [2.24, 2.45) is 5.73 Å². The molecule has 0 radical (unpaired) electrons. The first-order chi connectivity index (χ1) is 10.7. The van der Waals surface area contributed by atoms with Gasteiger partial charge in [0.1, 0.15) is 0 Å². The van der Waals surface area contributed by atoms with E-state index in [1.165, 1.54) is 0 Å². The summed E-state index contributed by atoms with van der Waals surface area (Å²) < 4.78 is 12.1. The summed E-state index contributed by atoms with van der Waals surface area (Å²) in [6, 6.07) is 9.36. The molecule has 0 aliphatic carbocycles. The number of primary amides is 1. The summed E-state index contributed by atoms with van der Waals surface area (Å²) in [4.78, 5) is 12.2. The van der Waals surface area contributed by atoms with Crippen LogP contribution in [0.1, 0.15) is 38.1 Å². The Balaban J connectivity index is 1.83. The third-order valence-electron chi connectivity index (χ3n) is 4.60. The molecule has 2 heterocycles. The van der Waals surface area contributed by atoms with Crippen LogP contribution < -0.4 is 11.2 Å². The highest BCUT2D eigenvalue weighted by Crippen LogP contribution is 2.37. The number of benzene rings is 1. The van der Waals surface area contributed by atoms with E-state index in [0.717, 1.165) is 15.9 Å². The zero-order chi connectivity index (χ0) is 16.8. The van der Waals surface area contributed by atoms with Crippen LogP contribution >= 0.6 is 11.3 Å². The average molecular weight is 329 g/mol. The number of thiophene rings is 1. The van der Waals surface area contributed by atoms with Gasteiger partial charge in [0.25, 0.3) is 0 Å². The summed E-state index contributed by atoms with van der Waals surface area (Å²) in [7, 11) is -0.352. The van der Waals surface area contributed by atoms with Gasteiger partial charge in [0.2, 0.25) is 5.91 Å². The lowest BCUT2D eigenvalue weighted by Crippen LogP contribution is -2.41. The lowest BCUT2D eigenvalue weighted by molar-refractivity contribution is 0.00578. The van der Waals surface area contributed by atoms with Crippen molar-refractivity contribution in [1.82, 2.24) is 0 Å². The Kier molecular flexibility index (Phi) is 3.87. The Morgan fingerprint density at radius 2 is 1.65 bits per heavy atom. The van der Waals surface area contributed by atoms with Gasteiger partial charge in [-0.25, -0.2) is 0 Å². The van der Waals surface area contributed by atoms with Crippen LogP contribution in [-0.4, -0.2) is 24.2 Å². The number of carbonyl (C=O) groups excluding carboxylic acids is 1. The molecule has 0 bridgehead atoms. The second-order valence-corrected chi connectivity index (χ2v) is 7.69. The molecule has 1 fully saturated rings. The van der Waals surface area contributed by atoms with Crippen molar-refractivity contribution >= 4 is 29.8 Å². The van der Waals surface area contributed by atoms with Crippen LogP contribution in [0.15, 0.2) is 35.7 Å². The molecule has 6 heteroatoms. The number of nitrogens with two attached hydrogens (primary N) is 1. The highest BCUT2D eigenvalue weighted by Gasteiger charge is 2.51. The lowest BCUT2D eigenvalue weighted by atomic mass is 9.81. The molecule has 0 saturated carbocycles. The fourth-order valence-corrected chi connectivity index (χ4v) is 3.32. The summed E-state index contributed by atoms with van der Waals surface area (Å²) in [5.41, 5.74) is 7.15. The predicted octanol–water partition coefficient (Wildman–Crippen LogP) is 2.81. The fourth-order valence-electron chi connectivity index (χ4n) is 2.40. The SMILES string of the molecule is CC1(C)OB(c2csc(-c3ccc(C(N)=O)cc3)c2)OC1(C)C. The quantitative estimate of drug-likeness (QED) is 0.881. The minimum absolute atomic E-state index is 0.344. The maximum Gasteiger partial charge on any atom is 0.495 e. The molecule has 1 aromatic heterocycles. The Labute approximate surface area is 140 Å². The van der Waals surface area contributed by atoms with Crippen LogP contribution in [0.2, 0.25) is 0 Å². The first-order valence-corrected chi connectivity index (χ1v) is 8.42. The van der Waals surface area contributed by atoms with Gasteiger partial charge in [-0.2, -0.15) is 0 Å². The van der Waals surface area contributed by atoms with Gasteiger partial charge >= 0.3 is 7.12 Å². The van der Waals surface area contributed by atoms with E-state index in [9.17, 15) is 4.79 Å². The van der Waals surface area contributed by atoms with Crippen molar-refractivity contribution in [3.8, 4) is 10.4 Å². The van der Waals surface area contributed by atoms with Gasteiger partial charge in [-0.3, -0.25) is 4.79 Å². The molecule has 3 rings (SSSR count). The molecule has 1 amide bonds. The molecule has 0 unspecified atom stereocenters. The fraction of sp³-hybridized carbons (Fsp3) is 0.353. The normalized spacial score (nSPS) is 19.0. The Hall–Kier alpha value is -1.63. The van der Waals surface area contributed by atoms with Crippen molar-refractivity contribution in [3.05, 3.63) is 41.3 Å². The molecule has 1 aliphatic heterocycles. The zero-order valence-electron chi connectivity index (χ0n) is 13.8. The molecule has 0 spiro atoms. The topological polar surface area (TPSA) is 61.5 Å². The molecule has 1 saturated heterocycles. The van der Waals surface area contributed by atoms with Crippen LogP contribution in [0.3, 0.4) is 0 Å². The summed E-state index contributed by atoms with van der Waals surface area (Å²) in [6.07, 6.45) is 0. The van der Waals surface area contributed by atoms with Gasteiger partial charge in [0.05, 0.1) is 11.2 Å². The van der Waals surface area contributed by atoms with Gasteiger partial charge in [0.15, 0.2) is 0 Å². The molecule has 2 N–H and O–H groups in total. The van der Waals surface area contributed by atoms with E-state index in [4.69, 9.17) is 15.0 Å². The van der Waals surface area contributed by atoms with Gasteiger partial charge in [-0.05, 0) is 62.3 Å². The summed E-state index contributed by atoms with van der Waals surface area (Å²) in [5, 5.41) is 2.06. The zero-order valence-corrected chi connectivity index (χ0v) is 14.6. The van der Waals surface area contributed by atoms with Crippen molar-refractivity contribution in [1.29, 1.82) is 0 Å².